The van der Waals surface area contributed by atoms with Crippen LogP contribution in [0.1, 0.15) is 64.0 Å². The molecule has 0 fully saturated rings. The molecule has 22 nitrogen and oxygen atoms in total. The van der Waals surface area contributed by atoms with E-state index in [1.54, 1.807) is 0 Å². The number of nitrogens with two attached hydrogens (primary N) is 3. The van der Waals surface area contributed by atoms with Gasteiger partial charge in [-0.15, -0.1) is 0 Å². The first kappa shape index (κ1) is 43.4. The standard InChI is InChI=1S/C29H46N10O12/c1-14(24(45)39-20(29(50)51)11-23(43)44)35-26(47)18(5-7-21(32)40)38-27(48)17(4-2-3-9-30)37-28(49)19(6-8-22(41)42)36-25(46)16(31)10-15-12-33-13-34-15/h12-14,16-20H,2-11,30-31H2,1H3,(H2,32,40)(H,33,34)(H,35,47)(H,36,46)(H,37,49)(H,38,48)(H,39,45)(H,41,42)(H,43,44)(H,50,51)/t14-,16-,17-,18-,19-,20-/m0/s1. The van der Waals surface area contributed by atoms with Gasteiger partial charge >= 0.3 is 17.9 Å². The second kappa shape index (κ2) is 22.2. The number of carbonyl (C=O) groups is 9. The molecule has 0 saturated heterocycles. The Kier molecular flexibility index (Phi) is 18.8. The van der Waals surface area contributed by atoms with Gasteiger partial charge in [-0.3, -0.25) is 38.4 Å². The average Bonchev–Trinajstić information content (AvgIpc) is 3.56. The largest absolute Gasteiger partial charge is 0.481 e. The van der Waals surface area contributed by atoms with E-state index in [1.165, 1.54) is 12.5 Å². The summed E-state index contributed by atoms with van der Waals surface area (Å²) < 4.78 is 0. The van der Waals surface area contributed by atoms with E-state index >= 15 is 0 Å². The van der Waals surface area contributed by atoms with E-state index < -0.39 is 109 Å². The summed E-state index contributed by atoms with van der Waals surface area (Å²) in [6.45, 7) is 1.38. The Labute approximate surface area is 291 Å². The number of carboxylic acids is 3. The molecule has 51 heavy (non-hydrogen) atoms. The Morgan fingerprint density at radius 3 is 1.75 bits per heavy atom. The molecular formula is C29H46N10O12. The number of H-pyrrole nitrogens is 1. The summed E-state index contributed by atoms with van der Waals surface area (Å²) in [7, 11) is 0. The van der Waals surface area contributed by atoms with E-state index in [9.17, 15) is 53.4 Å². The summed E-state index contributed by atoms with van der Waals surface area (Å²) in [6, 6.07) is -8.76. The number of imidazole rings is 1. The van der Waals surface area contributed by atoms with Crippen LogP contribution in [0.5, 0.6) is 0 Å². The molecule has 1 aromatic heterocycles. The molecule has 6 amide bonds. The maximum atomic E-state index is 13.5. The lowest BCUT2D eigenvalue weighted by Crippen LogP contribution is -2.59. The Morgan fingerprint density at radius 1 is 0.725 bits per heavy atom. The number of nitrogens with one attached hydrogen (secondary N) is 6. The summed E-state index contributed by atoms with van der Waals surface area (Å²) in [5, 5.41) is 38.8. The van der Waals surface area contributed by atoms with Crippen molar-refractivity contribution in [1.82, 2.24) is 36.6 Å². The summed E-state index contributed by atoms with van der Waals surface area (Å²) in [6.07, 6.45) is 0.869. The van der Waals surface area contributed by atoms with Crippen molar-refractivity contribution in [1.29, 1.82) is 0 Å². The highest BCUT2D eigenvalue weighted by atomic mass is 16.4. The Balaban J connectivity index is 3.16. The van der Waals surface area contributed by atoms with Gasteiger partial charge in [0.25, 0.3) is 0 Å². The number of hydrogen-bond donors (Lipinski definition) is 12. The highest BCUT2D eigenvalue weighted by molar-refractivity contribution is 5.96. The number of amides is 6. The molecule has 0 aliphatic heterocycles. The van der Waals surface area contributed by atoms with E-state index in [0.717, 1.165) is 6.92 Å². The summed E-state index contributed by atoms with van der Waals surface area (Å²) >= 11 is 0. The lowest BCUT2D eigenvalue weighted by Gasteiger charge is -2.26. The zero-order chi connectivity index (χ0) is 38.7. The van der Waals surface area contributed by atoms with Crippen LogP contribution < -0.4 is 43.8 Å². The van der Waals surface area contributed by atoms with E-state index in [-0.39, 0.29) is 32.2 Å². The summed E-state index contributed by atoms with van der Waals surface area (Å²) in [4.78, 5) is 117. The van der Waals surface area contributed by atoms with Crippen LogP contribution in [0.4, 0.5) is 0 Å². The van der Waals surface area contributed by atoms with Crippen LogP contribution in [-0.4, -0.2) is 121 Å². The van der Waals surface area contributed by atoms with Crippen molar-refractivity contribution in [3.05, 3.63) is 18.2 Å². The van der Waals surface area contributed by atoms with E-state index in [2.05, 4.69) is 31.2 Å². The van der Waals surface area contributed by atoms with Gasteiger partial charge in [-0.1, -0.05) is 0 Å². The van der Waals surface area contributed by atoms with Gasteiger partial charge in [0.1, 0.15) is 30.2 Å². The first-order valence-electron chi connectivity index (χ1n) is 15.8. The van der Waals surface area contributed by atoms with Crippen molar-refractivity contribution in [3.63, 3.8) is 0 Å². The predicted octanol–water partition coefficient (Wildman–Crippen LogP) is -4.46. The molecular weight excluding hydrogens is 680 g/mol. The number of carboxylic acid groups (broad SMARTS) is 3. The molecule has 6 atom stereocenters. The molecule has 0 bridgehead atoms. The average molecular weight is 727 g/mol. The number of unbranched alkanes of at least 4 members (excludes halogenated alkanes) is 1. The van der Waals surface area contributed by atoms with Gasteiger partial charge in [0, 0.05) is 31.2 Å². The number of aliphatic carboxylic acids is 3. The zero-order valence-corrected chi connectivity index (χ0v) is 27.9. The van der Waals surface area contributed by atoms with Crippen LogP contribution in [0, 0.1) is 0 Å². The third-order valence-electron chi connectivity index (χ3n) is 7.25. The van der Waals surface area contributed by atoms with E-state index in [4.69, 9.17) is 22.3 Å². The number of aromatic nitrogens is 2. The van der Waals surface area contributed by atoms with Crippen molar-refractivity contribution < 1.29 is 58.5 Å². The maximum Gasteiger partial charge on any atom is 0.326 e. The Hall–Kier alpha value is -5.64. The smallest absolute Gasteiger partial charge is 0.326 e. The van der Waals surface area contributed by atoms with Gasteiger partial charge in [-0.05, 0) is 45.6 Å². The number of aromatic amines is 1. The minimum absolute atomic E-state index is 0.0146. The molecule has 22 heteroatoms. The number of rotatable bonds is 25. The van der Waals surface area contributed by atoms with Gasteiger partial charge in [-0.25, -0.2) is 9.78 Å². The van der Waals surface area contributed by atoms with Crippen molar-refractivity contribution in [2.45, 2.75) is 101 Å². The van der Waals surface area contributed by atoms with E-state index in [0.29, 0.717) is 18.5 Å². The molecule has 0 saturated carbocycles. The SMILES string of the molecule is C[C@H](NC(=O)[C@H](CCC(N)=O)NC(=O)[C@H](CCCCN)NC(=O)[C@H](CCC(=O)O)NC(=O)[C@@H](N)Cc1cnc[nH]1)C(=O)N[C@@H](CC(=O)O)C(=O)O. The summed E-state index contributed by atoms with van der Waals surface area (Å²) in [5.41, 5.74) is 17.3. The zero-order valence-electron chi connectivity index (χ0n) is 27.9. The van der Waals surface area contributed by atoms with Crippen molar-refractivity contribution in [3.8, 4) is 0 Å². The molecule has 1 rings (SSSR count). The minimum Gasteiger partial charge on any atom is -0.481 e. The van der Waals surface area contributed by atoms with Crippen LogP contribution >= 0.6 is 0 Å². The molecule has 15 N–H and O–H groups in total. The Morgan fingerprint density at radius 2 is 1.25 bits per heavy atom. The third kappa shape index (κ3) is 17.0. The molecule has 1 aromatic rings. The van der Waals surface area contributed by atoms with Crippen molar-refractivity contribution in [2.75, 3.05) is 6.54 Å². The molecule has 1 heterocycles. The highest BCUT2D eigenvalue weighted by Crippen LogP contribution is 2.08. The van der Waals surface area contributed by atoms with Crippen molar-refractivity contribution in [2.24, 2.45) is 17.2 Å². The first-order valence-corrected chi connectivity index (χ1v) is 15.8. The predicted molar refractivity (Wildman–Crippen MR) is 174 cm³/mol. The molecule has 0 radical (unpaired) electrons. The monoisotopic (exact) mass is 726 g/mol. The number of carbonyl (C=O) groups excluding carboxylic acids is 6. The third-order valence-corrected chi connectivity index (χ3v) is 7.25. The fourth-order valence-corrected chi connectivity index (χ4v) is 4.45. The summed E-state index contributed by atoms with van der Waals surface area (Å²) in [5.74, 6) is -10.0. The van der Waals surface area contributed by atoms with Gasteiger partial charge in [-0.2, -0.15) is 0 Å². The maximum absolute atomic E-state index is 13.5. The van der Waals surface area contributed by atoms with Crippen LogP contribution in [0.3, 0.4) is 0 Å². The number of nitrogens with zero attached hydrogens (tertiary/aromatic N) is 1. The molecule has 0 aliphatic rings. The molecule has 0 aromatic carbocycles. The molecule has 0 aliphatic carbocycles. The highest BCUT2D eigenvalue weighted by Gasteiger charge is 2.32. The van der Waals surface area contributed by atoms with Crippen LogP contribution in [0.2, 0.25) is 0 Å². The van der Waals surface area contributed by atoms with Gasteiger partial charge < -0.3 is 64.1 Å². The minimum atomic E-state index is -1.81. The van der Waals surface area contributed by atoms with Crippen LogP contribution in [0.15, 0.2) is 12.5 Å². The number of primary amides is 1. The Bertz CT molecular complexity index is 1390. The molecule has 0 spiro atoms. The van der Waals surface area contributed by atoms with Gasteiger partial charge in [0.15, 0.2) is 0 Å². The fraction of sp³-hybridized carbons (Fsp3) is 0.586. The lowest BCUT2D eigenvalue weighted by atomic mass is 10.0. The first-order chi connectivity index (χ1) is 23.9. The lowest BCUT2D eigenvalue weighted by molar-refractivity contribution is -0.147. The van der Waals surface area contributed by atoms with Crippen molar-refractivity contribution >= 4 is 53.4 Å². The second-order valence-corrected chi connectivity index (χ2v) is 11.5. The second-order valence-electron chi connectivity index (χ2n) is 11.5. The molecule has 0 unspecified atom stereocenters. The quantitative estimate of drug-likeness (QED) is 0.0423. The normalized spacial score (nSPS) is 14.3. The van der Waals surface area contributed by atoms with Crippen LogP contribution in [0.25, 0.3) is 0 Å². The number of hydrogen-bond acceptors (Lipinski definition) is 12. The van der Waals surface area contributed by atoms with Gasteiger partial charge in [0.05, 0.1) is 18.8 Å². The topological polar surface area (TPSA) is 381 Å². The fourth-order valence-electron chi connectivity index (χ4n) is 4.45. The molecule has 284 valence electrons. The van der Waals surface area contributed by atoms with Crippen LogP contribution in [-0.2, 0) is 49.6 Å². The van der Waals surface area contributed by atoms with Gasteiger partial charge in [0.2, 0.25) is 35.4 Å². The van der Waals surface area contributed by atoms with E-state index in [1.807, 2.05) is 5.32 Å².